The molecule has 1 nitrogen and oxygen atoms in total. The van der Waals surface area contributed by atoms with Gasteiger partial charge in [-0.1, -0.05) is 27.5 Å². The summed E-state index contributed by atoms with van der Waals surface area (Å²) in [6, 6.07) is 8.99. The molecule has 0 aliphatic heterocycles. The fraction of sp³-hybridized carbons (Fsp3) is 0.0769. The van der Waals surface area contributed by atoms with Crippen LogP contribution in [0.5, 0.6) is 0 Å². The molecule has 0 aromatic heterocycles. The van der Waals surface area contributed by atoms with Crippen LogP contribution in [0.4, 0.5) is 14.5 Å². The molecule has 0 saturated carbocycles. The van der Waals surface area contributed by atoms with Gasteiger partial charge in [-0.15, -0.1) is 0 Å². The molecule has 2 aromatic rings. The Morgan fingerprint density at radius 2 is 1.78 bits per heavy atom. The van der Waals surface area contributed by atoms with Gasteiger partial charge in [0.25, 0.3) is 0 Å². The molecule has 0 aliphatic rings. The van der Waals surface area contributed by atoms with Crippen LogP contribution in [0, 0.1) is 11.6 Å². The van der Waals surface area contributed by atoms with E-state index in [1.807, 2.05) is 0 Å². The Kier molecular flexibility index (Phi) is 4.19. The molecule has 0 fully saturated rings. The van der Waals surface area contributed by atoms with E-state index in [0.717, 1.165) is 4.47 Å². The van der Waals surface area contributed by atoms with Gasteiger partial charge >= 0.3 is 0 Å². The third-order valence-corrected chi connectivity index (χ3v) is 3.19. The first-order chi connectivity index (χ1) is 8.56. The highest BCUT2D eigenvalue weighted by atomic mass is 79.9. The summed E-state index contributed by atoms with van der Waals surface area (Å²) >= 11 is 8.93. The molecule has 0 amide bonds. The van der Waals surface area contributed by atoms with Crippen molar-refractivity contribution in [1.82, 2.24) is 0 Å². The van der Waals surface area contributed by atoms with Crippen molar-refractivity contribution in [2.24, 2.45) is 0 Å². The summed E-state index contributed by atoms with van der Waals surface area (Å²) in [5, 5.41) is 3.02. The van der Waals surface area contributed by atoms with E-state index in [1.54, 1.807) is 18.2 Å². The molecule has 0 bridgehead atoms. The third-order valence-electron chi connectivity index (χ3n) is 2.41. The van der Waals surface area contributed by atoms with Crippen molar-refractivity contribution in [3.63, 3.8) is 0 Å². The number of nitrogens with one attached hydrogen (secondary N) is 1. The molecule has 0 spiro atoms. The lowest BCUT2D eigenvalue weighted by Crippen LogP contribution is -2.02. The van der Waals surface area contributed by atoms with E-state index in [0.29, 0.717) is 17.8 Å². The minimum Gasteiger partial charge on any atom is -0.381 e. The van der Waals surface area contributed by atoms with Crippen LogP contribution in [-0.2, 0) is 6.54 Å². The van der Waals surface area contributed by atoms with Gasteiger partial charge in [-0.25, -0.2) is 8.78 Å². The van der Waals surface area contributed by atoms with E-state index in [4.69, 9.17) is 11.6 Å². The van der Waals surface area contributed by atoms with Gasteiger partial charge in [0, 0.05) is 22.3 Å². The molecule has 0 saturated heterocycles. The van der Waals surface area contributed by atoms with Crippen molar-refractivity contribution in [2.45, 2.75) is 6.54 Å². The number of rotatable bonds is 3. The van der Waals surface area contributed by atoms with Crippen molar-refractivity contribution in [3.05, 3.63) is 63.1 Å². The molecule has 2 rings (SSSR count). The van der Waals surface area contributed by atoms with Crippen LogP contribution in [0.1, 0.15) is 5.56 Å². The van der Waals surface area contributed by atoms with Crippen LogP contribution in [-0.4, -0.2) is 0 Å². The maximum absolute atomic E-state index is 13.5. The van der Waals surface area contributed by atoms with Crippen LogP contribution >= 0.6 is 27.5 Å². The normalized spacial score (nSPS) is 10.4. The lowest BCUT2D eigenvalue weighted by Gasteiger charge is -2.08. The Hall–Kier alpha value is -1.13. The minimum absolute atomic E-state index is 0.0368. The molecule has 1 N–H and O–H groups in total. The molecule has 0 unspecified atom stereocenters. The van der Waals surface area contributed by atoms with E-state index in [2.05, 4.69) is 21.2 Å². The number of hydrogen-bond donors (Lipinski definition) is 1. The van der Waals surface area contributed by atoms with Crippen molar-refractivity contribution in [2.75, 3.05) is 5.32 Å². The zero-order valence-electron chi connectivity index (χ0n) is 9.18. The first-order valence-corrected chi connectivity index (χ1v) is 6.36. The van der Waals surface area contributed by atoms with Crippen molar-refractivity contribution in [3.8, 4) is 0 Å². The second-order valence-electron chi connectivity index (χ2n) is 3.72. The molecule has 0 heterocycles. The lowest BCUT2D eigenvalue weighted by molar-refractivity contribution is 0.612. The average Bonchev–Trinajstić information content (AvgIpc) is 2.34. The maximum Gasteiger partial charge on any atom is 0.141 e. The van der Waals surface area contributed by atoms with Gasteiger partial charge in [-0.3, -0.25) is 0 Å². The average molecular weight is 333 g/mol. The van der Waals surface area contributed by atoms with Crippen LogP contribution in [0.3, 0.4) is 0 Å². The highest BCUT2D eigenvalue weighted by molar-refractivity contribution is 9.10. The summed E-state index contributed by atoms with van der Waals surface area (Å²) in [6.07, 6.45) is 0. The molecule has 5 heteroatoms. The van der Waals surface area contributed by atoms with Crippen molar-refractivity contribution < 1.29 is 8.78 Å². The predicted molar refractivity (Wildman–Crippen MR) is 72.8 cm³/mol. The molecule has 2 aromatic carbocycles. The molecule has 0 radical (unpaired) electrons. The Labute approximate surface area is 117 Å². The van der Waals surface area contributed by atoms with Gasteiger partial charge in [0.2, 0.25) is 0 Å². The largest absolute Gasteiger partial charge is 0.381 e. The Morgan fingerprint density at radius 1 is 1.06 bits per heavy atom. The standard InChI is InChI=1S/C13H9BrClF2N/c14-9-1-3-12(16)8(5-9)7-18-10-2-4-13(17)11(15)6-10/h1-6,18H,7H2. The summed E-state index contributed by atoms with van der Waals surface area (Å²) in [7, 11) is 0. The molecule has 0 atom stereocenters. The number of benzene rings is 2. The molecular weight excluding hydrogens is 324 g/mol. The topological polar surface area (TPSA) is 12.0 Å². The molecule has 18 heavy (non-hydrogen) atoms. The van der Waals surface area contributed by atoms with Gasteiger partial charge in [0.05, 0.1) is 5.02 Å². The highest BCUT2D eigenvalue weighted by Gasteiger charge is 2.04. The maximum atomic E-state index is 13.5. The Balaban J connectivity index is 2.11. The predicted octanol–water partition coefficient (Wildman–Crippen LogP) is 4.99. The third kappa shape index (κ3) is 3.21. The summed E-state index contributed by atoms with van der Waals surface area (Å²) < 4.78 is 27.2. The fourth-order valence-corrected chi connectivity index (χ4v) is 2.07. The zero-order chi connectivity index (χ0) is 13.1. The van der Waals surface area contributed by atoms with Crippen LogP contribution in [0.15, 0.2) is 40.9 Å². The smallest absolute Gasteiger partial charge is 0.141 e. The van der Waals surface area contributed by atoms with Gasteiger partial charge in [-0.2, -0.15) is 0 Å². The summed E-state index contributed by atoms with van der Waals surface area (Å²) in [5.41, 5.74) is 1.16. The lowest BCUT2D eigenvalue weighted by atomic mass is 10.2. The Morgan fingerprint density at radius 3 is 2.50 bits per heavy atom. The summed E-state index contributed by atoms with van der Waals surface area (Å²) in [6.45, 7) is 0.299. The van der Waals surface area contributed by atoms with E-state index in [-0.39, 0.29) is 10.8 Å². The quantitative estimate of drug-likeness (QED) is 0.834. The number of halogens is 4. The molecular formula is C13H9BrClF2N. The van der Waals surface area contributed by atoms with Crippen molar-refractivity contribution >= 4 is 33.2 Å². The minimum atomic E-state index is -0.476. The van der Waals surface area contributed by atoms with Crippen molar-refractivity contribution in [1.29, 1.82) is 0 Å². The second kappa shape index (κ2) is 5.67. The van der Waals surface area contributed by atoms with E-state index < -0.39 is 5.82 Å². The van der Waals surface area contributed by atoms with E-state index in [1.165, 1.54) is 18.2 Å². The van der Waals surface area contributed by atoms with Gasteiger partial charge < -0.3 is 5.32 Å². The Bertz CT molecular complexity index is 575. The van der Waals surface area contributed by atoms with E-state index >= 15 is 0 Å². The first kappa shape index (κ1) is 13.3. The molecule has 94 valence electrons. The van der Waals surface area contributed by atoms with Crippen LogP contribution in [0.2, 0.25) is 5.02 Å². The first-order valence-electron chi connectivity index (χ1n) is 5.19. The number of hydrogen-bond acceptors (Lipinski definition) is 1. The summed E-state index contributed by atoms with van der Waals surface area (Å²) in [4.78, 5) is 0. The fourth-order valence-electron chi connectivity index (χ4n) is 1.48. The summed E-state index contributed by atoms with van der Waals surface area (Å²) in [5.74, 6) is -0.769. The van der Waals surface area contributed by atoms with Crippen LogP contribution < -0.4 is 5.32 Å². The van der Waals surface area contributed by atoms with Gasteiger partial charge in [0.1, 0.15) is 11.6 Å². The SMILES string of the molecule is Fc1ccc(NCc2cc(Br)ccc2F)cc1Cl. The van der Waals surface area contributed by atoms with Crippen LogP contribution in [0.25, 0.3) is 0 Å². The molecule has 0 aliphatic carbocycles. The van der Waals surface area contributed by atoms with E-state index in [9.17, 15) is 8.78 Å². The van der Waals surface area contributed by atoms with Gasteiger partial charge in [-0.05, 0) is 36.4 Å². The second-order valence-corrected chi connectivity index (χ2v) is 5.04. The van der Waals surface area contributed by atoms with Gasteiger partial charge in [0.15, 0.2) is 0 Å². The highest BCUT2D eigenvalue weighted by Crippen LogP contribution is 2.21. The monoisotopic (exact) mass is 331 g/mol. The number of anilines is 1. The zero-order valence-corrected chi connectivity index (χ0v) is 11.5.